The molecule has 0 aliphatic carbocycles. The van der Waals surface area contributed by atoms with Gasteiger partial charge in [-0.1, -0.05) is 12.1 Å². The lowest BCUT2D eigenvalue weighted by Gasteiger charge is -2.25. The van der Waals surface area contributed by atoms with Gasteiger partial charge in [0.05, 0.1) is 11.5 Å². The van der Waals surface area contributed by atoms with Crippen LogP contribution in [-0.4, -0.2) is 47.3 Å². The molecular weight excluding hydrogens is 395 g/mol. The van der Waals surface area contributed by atoms with Gasteiger partial charge in [0.25, 0.3) is 0 Å². The molecule has 2 amide bonds. The van der Waals surface area contributed by atoms with Gasteiger partial charge in [0.1, 0.15) is 0 Å². The minimum Gasteiger partial charge on any atom is -0.339 e. The largest absolute Gasteiger partial charge is 0.416 e. The summed E-state index contributed by atoms with van der Waals surface area (Å²) in [6, 6.07) is 5.05. The number of carbonyl (C=O) groups is 2. The lowest BCUT2D eigenvalue weighted by atomic mass is 10.1. The summed E-state index contributed by atoms with van der Waals surface area (Å²) >= 11 is 0. The highest BCUT2D eigenvalue weighted by atomic mass is 35.5. The molecule has 0 saturated carbocycles. The number of hydrogen-bond acceptors (Lipinski definition) is 3. The maximum atomic E-state index is 12.9. The molecule has 1 aromatic rings. The maximum Gasteiger partial charge on any atom is 0.416 e. The van der Waals surface area contributed by atoms with Crippen molar-refractivity contribution in [3.8, 4) is 0 Å². The second-order valence-electron chi connectivity index (χ2n) is 7.55. The molecule has 3 unspecified atom stereocenters. The molecular formula is C19H25ClF3N3O2. The quantitative estimate of drug-likeness (QED) is 0.816. The maximum absolute atomic E-state index is 12.9. The summed E-state index contributed by atoms with van der Waals surface area (Å²) in [6.07, 6.45) is -3.46. The summed E-state index contributed by atoms with van der Waals surface area (Å²) < 4.78 is 38.6. The van der Waals surface area contributed by atoms with Gasteiger partial charge in [0.15, 0.2) is 0 Å². The van der Waals surface area contributed by atoms with Crippen LogP contribution in [0.2, 0.25) is 0 Å². The van der Waals surface area contributed by atoms with E-state index in [1.165, 1.54) is 11.0 Å². The molecule has 2 aliphatic heterocycles. The first-order valence-corrected chi connectivity index (χ1v) is 9.13. The predicted octanol–water partition coefficient (Wildman–Crippen LogP) is 2.67. The van der Waals surface area contributed by atoms with Gasteiger partial charge in [-0.15, -0.1) is 12.4 Å². The number of carbonyl (C=O) groups excluding carboxylic acids is 2. The van der Waals surface area contributed by atoms with E-state index in [0.717, 1.165) is 18.6 Å². The summed E-state index contributed by atoms with van der Waals surface area (Å²) in [7, 11) is 0. The average Bonchev–Trinajstić information content (AvgIpc) is 3.17. The highest BCUT2D eigenvalue weighted by Gasteiger charge is 2.40. The van der Waals surface area contributed by atoms with Gasteiger partial charge in [0, 0.05) is 32.1 Å². The van der Waals surface area contributed by atoms with Crippen LogP contribution in [0.1, 0.15) is 30.9 Å². The van der Waals surface area contributed by atoms with Crippen molar-refractivity contribution in [2.75, 3.05) is 19.6 Å². The van der Waals surface area contributed by atoms with Crippen molar-refractivity contribution in [2.24, 2.45) is 17.6 Å². The van der Waals surface area contributed by atoms with Gasteiger partial charge in [0.2, 0.25) is 11.8 Å². The number of hydrogen-bond donors (Lipinski definition) is 1. The second kappa shape index (κ2) is 8.69. The summed E-state index contributed by atoms with van der Waals surface area (Å²) in [5.74, 6) is -0.420. The molecule has 0 aromatic heterocycles. The molecule has 3 rings (SSSR count). The molecule has 2 saturated heterocycles. The predicted molar refractivity (Wildman–Crippen MR) is 101 cm³/mol. The molecule has 156 valence electrons. The standard InChI is InChI=1S/C19H24F3N3O2.ClH/c1-12-5-14(8-23)10-25(12)18(27)15-7-17(26)24(11-15)9-13-3-2-4-16(6-13)19(20,21)22;/h2-4,6,12,14-15H,5,7-11,23H2,1H3;1H. The third kappa shape index (κ3) is 4.78. The summed E-state index contributed by atoms with van der Waals surface area (Å²) in [4.78, 5) is 28.4. The topological polar surface area (TPSA) is 66.6 Å². The zero-order valence-electron chi connectivity index (χ0n) is 15.6. The van der Waals surface area contributed by atoms with Crippen LogP contribution in [-0.2, 0) is 22.3 Å². The van der Waals surface area contributed by atoms with Crippen LogP contribution < -0.4 is 5.73 Å². The number of nitrogens with zero attached hydrogens (tertiary/aromatic N) is 2. The second-order valence-corrected chi connectivity index (χ2v) is 7.55. The third-order valence-electron chi connectivity index (χ3n) is 5.47. The molecule has 0 spiro atoms. The van der Waals surface area contributed by atoms with Gasteiger partial charge in [-0.2, -0.15) is 13.2 Å². The number of benzene rings is 1. The van der Waals surface area contributed by atoms with Crippen molar-refractivity contribution < 1.29 is 22.8 Å². The molecule has 0 bridgehead atoms. The number of nitrogens with two attached hydrogens (primary N) is 1. The number of halogens is 4. The van der Waals surface area contributed by atoms with Crippen LogP contribution in [0.25, 0.3) is 0 Å². The monoisotopic (exact) mass is 419 g/mol. The molecule has 3 atom stereocenters. The van der Waals surface area contributed by atoms with E-state index < -0.39 is 17.7 Å². The smallest absolute Gasteiger partial charge is 0.339 e. The Morgan fingerprint density at radius 1 is 1.29 bits per heavy atom. The molecule has 0 radical (unpaired) electrons. The average molecular weight is 420 g/mol. The van der Waals surface area contributed by atoms with Crippen molar-refractivity contribution in [1.29, 1.82) is 0 Å². The fraction of sp³-hybridized carbons (Fsp3) is 0.579. The van der Waals surface area contributed by atoms with E-state index in [2.05, 4.69) is 0 Å². The Morgan fingerprint density at radius 2 is 2.00 bits per heavy atom. The van der Waals surface area contributed by atoms with Crippen molar-refractivity contribution in [1.82, 2.24) is 9.80 Å². The molecule has 2 fully saturated rings. The molecule has 2 heterocycles. The van der Waals surface area contributed by atoms with Gasteiger partial charge in [-0.05, 0) is 43.5 Å². The lowest BCUT2D eigenvalue weighted by molar-refractivity contribution is -0.137. The summed E-state index contributed by atoms with van der Waals surface area (Å²) in [6.45, 7) is 3.43. The Hall–Kier alpha value is -1.80. The van der Waals surface area contributed by atoms with Crippen LogP contribution in [0.3, 0.4) is 0 Å². The van der Waals surface area contributed by atoms with E-state index in [9.17, 15) is 22.8 Å². The first kappa shape index (κ1) is 22.5. The first-order chi connectivity index (χ1) is 12.7. The fourth-order valence-electron chi connectivity index (χ4n) is 4.01. The molecule has 2 N–H and O–H groups in total. The molecule has 5 nitrogen and oxygen atoms in total. The minimum atomic E-state index is -4.42. The zero-order valence-corrected chi connectivity index (χ0v) is 16.4. The van der Waals surface area contributed by atoms with Crippen molar-refractivity contribution in [2.45, 2.75) is 38.5 Å². The van der Waals surface area contributed by atoms with Crippen molar-refractivity contribution in [3.63, 3.8) is 0 Å². The fourth-order valence-corrected chi connectivity index (χ4v) is 4.01. The molecule has 9 heteroatoms. The lowest BCUT2D eigenvalue weighted by Crippen LogP contribution is -2.39. The van der Waals surface area contributed by atoms with Crippen LogP contribution in [0, 0.1) is 11.8 Å². The Balaban J connectivity index is 0.00000280. The van der Waals surface area contributed by atoms with E-state index in [0.29, 0.717) is 18.7 Å². The Kier molecular flexibility index (Phi) is 6.98. The zero-order chi connectivity index (χ0) is 19.8. The van der Waals surface area contributed by atoms with Gasteiger partial charge in [-0.3, -0.25) is 9.59 Å². The normalized spacial score (nSPS) is 25.2. The van der Waals surface area contributed by atoms with E-state index in [4.69, 9.17) is 5.73 Å². The highest BCUT2D eigenvalue weighted by Crippen LogP contribution is 2.31. The van der Waals surface area contributed by atoms with Gasteiger partial charge in [-0.25, -0.2) is 0 Å². The van der Waals surface area contributed by atoms with Crippen LogP contribution in [0.5, 0.6) is 0 Å². The number of likely N-dealkylation sites (tertiary alicyclic amines) is 2. The number of alkyl halides is 3. The van der Waals surface area contributed by atoms with Gasteiger partial charge >= 0.3 is 6.18 Å². The molecule has 1 aromatic carbocycles. The van der Waals surface area contributed by atoms with E-state index in [1.54, 1.807) is 11.0 Å². The number of rotatable bonds is 4. The summed E-state index contributed by atoms with van der Waals surface area (Å²) in [5, 5.41) is 0. The first-order valence-electron chi connectivity index (χ1n) is 9.13. The summed E-state index contributed by atoms with van der Waals surface area (Å²) in [5.41, 5.74) is 5.37. The Labute approximate surface area is 168 Å². The third-order valence-corrected chi connectivity index (χ3v) is 5.47. The van der Waals surface area contributed by atoms with Crippen molar-refractivity contribution in [3.05, 3.63) is 35.4 Å². The Morgan fingerprint density at radius 3 is 2.61 bits per heavy atom. The van der Waals surface area contributed by atoms with Crippen LogP contribution in [0.4, 0.5) is 13.2 Å². The SMILES string of the molecule is CC1CC(CN)CN1C(=O)C1CC(=O)N(Cc2cccc(C(F)(F)F)c2)C1.Cl. The van der Waals surface area contributed by atoms with Crippen LogP contribution >= 0.6 is 12.4 Å². The highest BCUT2D eigenvalue weighted by molar-refractivity contribution is 5.89. The van der Waals surface area contributed by atoms with Gasteiger partial charge < -0.3 is 15.5 Å². The number of amides is 2. The van der Waals surface area contributed by atoms with Crippen molar-refractivity contribution >= 4 is 24.2 Å². The van der Waals surface area contributed by atoms with E-state index in [-0.39, 0.29) is 55.7 Å². The molecule has 2 aliphatic rings. The van der Waals surface area contributed by atoms with E-state index >= 15 is 0 Å². The molecule has 28 heavy (non-hydrogen) atoms. The van der Waals surface area contributed by atoms with E-state index in [1.807, 2.05) is 6.92 Å². The van der Waals surface area contributed by atoms with Crippen LogP contribution in [0.15, 0.2) is 24.3 Å². The minimum absolute atomic E-state index is 0. The Bertz CT molecular complexity index is 729.